The highest BCUT2D eigenvalue weighted by Crippen LogP contribution is 2.35. The largest absolute Gasteiger partial charge is 0.481 e. The van der Waals surface area contributed by atoms with E-state index < -0.39 is 17.8 Å². The monoisotopic (exact) mass is 381 g/mol. The van der Waals surface area contributed by atoms with Gasteiger partial charge >= 0.3 is 5.97 Å². The Hall–Kier alpha value is -2.95. The molecule has 0 spiro atoms. The number of ether oxygens (including phenoxy) is 2. The Morgan fingerprint density at radius 1 is 1.39 bits per heavy atom. The number of carboxylic acids is 1. The van der Waals surface area contributed by atoms with E-state index in [2.05, 4.69) is 16.4 Å². The molecule has 28 heavy (non-hydrogen) atoms. The van der Waals surface area contributed by atoms with E-state index in [0.717, 1.165) is 28.1 Å². The van der Waals surface area contributed by atoms with Crippen LogP contribution in [0.25, 0.3) is 0 Å². The Bertz CT molecular complexity index is 916. The number of nitrogens with one attached hydrogen (secondary N) is 1. The number of benzene rings is 1. The van der Waals surface area contributed by atoms with Crippen LogP contribution in [-0.4, -0.2) is 21.8 Å². The summed E-state index contributed by atoms with van der Waals surface area (Å²) in [4.78, 5) is 15.7. The van der Waals surface area contributed by atoms with Crippen molar-refractivity contribution >= 4 is 5.97 Å². The van der Waals surface area contributed by atoms with Gasteiger partial charge < -0.3 is 19.9 Å². The molecule has 0 aliphatic carbocycles. The van der Waals surface area contributed by atoms with E-state index in [0.29, 0.717) is 18.7 Å². The molecule has 2 heterocycles. The zero-order valence-corrected chi connectivity index (χ0v) is 16.2. The van der Waals surface area contributed by atoms with Crippen molar-refractivity contribution in [1.29, 1.82) is 5.26 Å². The molecule has 0 fully saturated rings. The van der Waals surface area contributed by atoms with E-state index in [9.17, 15) is 9.90 Å². The van der Waals surface area contributed by atoms with Gasteiger partial charge in [-0.2, -0.15) is 5.26 Å². The van der Waals surface area contributed by atoms with Crippen LogP contribution in [0.3, 0.4) is 0 Å². The molecular formula is C21H23N3O4. The molecule has 7 heteroatoms. The van der Waals surface area contributed by atoms with Crippen LogP contribution in [0.4, 0.5) is 0 Å². The molecule has 1 aromatic heterocycles. The molecule has 0 radical (unpaired) electrons. The molecule has 2 N–H and O–H groups in total. The topological polar surface area (TPSA) is 104 Å². The van der Waals surface area contributed by atoms with Crippen molar-refractivity contribution in [2.45, 2.75) is 52.2 Å². The van der Waals surface area contributed by atoms with Crippen LogP contribution in [0.1, 0.15) is 54.3 Å². The summed E-state index contributed by atoms with van der Waals surface area (Å²) in [5.41, 5.74) is 3.97. The predicted octanol–water partition coefficient (Wildman–Crippen LogP) is 3.21. The highest BCUT2D eigenvalue weighted by molar-refractivity contribution is 5.68. The lowest BCUT2D eigenvalue weighted by atomic mass is 10.0. The standard InChI is InChI=1S/C21H23N3O4/c1-13-20-17(12-27-21(2,3)28-20)16(10-23-13)11-24-18(8-19(25)26)15-6-4-14(9-22)5-7-15/h4-7,10,18,24H,8,11-12H2,1-3H3,(H,25,26). The van der Waals surface area contributed by atoms with E-state index in [1.54, 1.807) is 30.5 Å². The number of aromatic nitrogens is 1. The first-order valence-electron chi connectivity index (χ1n) is 9.04. The fraction of sp³-hybridized carbons (Fsp3) is 0.381. The van der Waals surface area contributed by atoms with Crippen molar-refractivity contribution in [1.82, 2.24) is 10.3 Å². The summed E-state index contributed by atoms with van der Waals surface area (Å²) in [5, 5.41) is 21.5. The summed E-state index contributed by atoms with van der Waals surface area (Å²) in [6.45, 7) is 6.42. The maximum atomic E-state index is 11.3. The number of carbonyl (C=O) groups is 1. The van der Waals surface area contributed by atoms with Gasteiger partial charge in [0.15, 0.2) is 0 Å². The molecular weight excluding hydrogens is 358 g/mol. The van der Waals surface area contributed by atoms with Crippen LogP contribution in [0, 0.1) is 18.3 Å². The van der Waals surface area contributed by atoms with Gasteiger partial charge in [-0.25, -0.2) is 0 Å². The van der Waals surface area contributed by atoms with Gasteiger partial charge in [0.2, 0.25) is 5.79 Å². The van der Waals surface area contributed by atoms with Crippen LogP contribution in [0.5, 0.6) is 5.75 Å². The normalized spacial score (nSPS) is 15.8. The Balaban J connectivity index is 1.82. The number of rotatable bonds is 6. The van der Waals surface area contributed by atoms with Gasteiger partial charge in [0.25, 0.3) is 0 Å². The minimum absolute atomic E-state index is 0.0760. The average molecular weight is 381 g/mol. The Labute approximate surface area is 163 Å². The number of carboxylic acid groups (broad SMARTS) is 1. The van der Waals surface area contributed by atoms with Gasteiger partial charge in [-0.15, -0.1) is 0 Å². The van der Waals surface area contributed by atoms with E-state index in [-0.39, 0.29) is 6.42 Å². The molecule has 1 aliphatic rings. The maximum Gasteiger partial charge on any atom is 0.305 e. The molecule has 3 rings (SSSR count). The molecule has 0 bridgehead atoms. The Kier molecular flexibility index (Phi) is 5.63. The molecule has 0 saturated carbocycles. The van der Waals surface area contributed by atoms with Crippen molar-refractivity contribution in [3.63, 3.8) is 0 Å². The Morgan fingerprint density at radius 3 is 2.75 bits per heavy atom. The minimum atomic E-state index is -0.903. The quantitative estimate of drug-likeness (QED) is 0.791. The molecule has 1 aromatic carbocycles. The second-order valence-corrected chi connectivity index (χ2v) is 7.23. The first kappa shape index (κ1) is 19.8. The maximum absolute atomic E-state index is 11.3. The summed E-state index contributed by atoms with van der Waals surface area (Å²) >= 11 is 0. The summed E-state index contributed by atoms with van der Waals surface area (Å²) in [6, 6.07) is 8.59. The Morgan fingerprint density at radius 2 is 2.11 bits per heavy atom. The molecule has 7 nitrogen and oxygen atoms in total. The lowest BCUT2D eigenvalue weighted by molar-refractivity contribution is -0.180. The van der Waals surface area contributed by atoms with Crippen LogP contribution in [0.15, 0.2) is 30.5 Å². The third-order valence-electron chi connectivity index (χ3n) is 4.68. The van der Waals surface area contributed by atoms with Crippen molar-refractivity contribution in [3.8, 4) is 11.8 Å². The number of hydrogen-bond acceptors (Lipinski definition) is 6. The third kappa shape index (κ3) is 4.47. The van der Waals surface area contributed by atoms with Crippen molar-refractivity contribution in [2.24, 2.45) is 0 Å². The second kappa shape index (κ2) is 7.97. The molecule has 1 atom stereocenters. The fourth-order valence-corrected chi connectivity index (χ4v) is 3.15. The molecule has 0 amide bonds. The summed E-state index contributed by atoms with van der Waals surface area (Å²) in [7, 11) is 0. The SMILES string of the molecule is Cc1ncc(CNC(CC(=O)O)c2ccc(C#N)cc2)c2c1OC(C)(C)OC2. The lowest BCUT2D eigenvalue weighted by Crippen LogP contribution is -2.36. The number of nitriles is 1. The van der Waals surface area contributed by atoms with Crippen LogP contribution < -0.4 is 10.1 Å². The van der Waals surface area contributed by atoms with Gasteiger partial charge in [-0.3, -0.25) is 9.78 Å². The first-order chi connectivity index (χ1) is 13.3. The average Bonchev–Trinajstić information content (AvgIpc) is 2.66. The molecule has 146 valence electrons. The summed E-state index contributed by atoms with van der Waals surface area (Å²) in [6.07, 6.45) is 1.69. The summed E-state index contributed by atoms with van der Waals surface area (Å²) in [5.74, 6) is -0.886. The lowest BCUT2D eigenvalue weighted by Gasteiger charge is -2.34. The van der Waals surface area contributed by atoms with E-state index in [1.807, 2.05) is 20.8 Å². The zero-order valence-electron chi connectivity index (χ0n) is 16.2. The predicted molar refractivity (Wildman–Crippen MR) is 101 cm³/mol. The van der Waals surface area contributed by atoms with Crippen molar-refractivity contribution in [3.05, 3.63) is 58.4 Å². The van der Waals surface area contributed by atoms with E-state index >= 15 is 0 Å². The number of aliphatic carboxylic acids is 1. The molecule has 0 saturated heterocycles. The zero-order chi connectivity index (χ0) is 20.3. The van der Waals surface area contributed by atoms with E-state index in [1.165, 1.54) is 0 Å². The first-order valence-corrected chi connectivity index (χ1v) is 9.04. The fourth-order valence-electron chi connectivity index (χ4n) is 3.15. The number of pyridine rings is 1. The van der Waals surface area contributed by atoms with Crippen LogP contribution >= 0.6 is 0 Å². The third-order valence-corrected chi connectivity index (χ3v) is 4.68. The van der Waals surface area contributed by atoms with Gasteiger partial charge in [0, 0.05) is 38.2 Å². The van der Waals surface area contributed by atoms with Gasteiger partial charge in [-0.05, 0) is 30.2 Å². The van der Waals surface area contributed by atoms with Gasteiger partial charge in [0.1, 0.15) is 5.75 Å². The molecule has 1 unspecified atom stereocenters. The highest BCUT2D eigenvalue weighted by Gasteiger charge is 2.30. The minimum Gasteiger partial charge on any atom is -0.481 e. The van der Waals surface area contributed by atoms with Crippen LogP contribution in [0.2, 0.25) is 0 Å². The van der Waals surface area contributed by atoms with Gasteiger partial charge in [0.05, 0.1) is 30.4 Å². The van der Waals surface area contributed by atoms with Crippen LogP contribution in [-0.2, 0) is 22.7 Å². The van der Waals surface area contributed by atoms with E-state index in [4.69, 9.17) is 14.7 Å². The number of hydrogen-bond donors (Lipinski definition) is 2. The summed E-state index contributed by atoms with van der Waals surface area (Å²) < 4.78 is 11.7. The second-order valence-electron chi connectivity index (χ2n) is 7.23. The molecule has 2 aromatic rings. The van der Waals surface area contributed by atoms with Crippen molar-refractivity contribution < 1.29 is 19.4 Å². The highest BCUT2D eigenvalue weighted by atomic mass is 16.7. The number of aryl methyl sites for hydroxylation is 1. The molecule has 1 aliphatic heterocycles. The smallest absolute Gasteiger partial charge is 0.305 e. The number of fused-ring (bicyclic) bond motifs is 1. The number of nitrogens with zero attached hydrogens (tertiary/aromatic N) is 2. The van der Waals surface area contributed by atoms with Crippen molar-refractivity contribution in [2.75, 3.05) is 0 Å². The van der Waals surface area contributed by atoms with Gasteiger partial charge in [-0.1, -0.05) is 12.1 Å².